The molecule has 0 heterocycles. The van der Waals surface area contributed by atoms with E-state index in [2.05, 4.69) is 0 Å². The molecule has 0 aromatic carbocycles. The van der Waals surface area contributed by atoms with Crippen molar-refractivity contribution in [2.45, 2.75) is 0 Å². The van der Waals surface area contributed by atoms with Crippen LogP contribution in [0.15, 0.2) is 0 Å². The SMILES string of the molecule is [CH3-].[W].[W].[W].[W]. The standard InChI is InChI=1S/CH3.4W/h1H3;;;;/q-1;;;;. The first-order valence-corrected chi connectivity index (χ1v) is 0. The van der Waals surface area contributed by atoms with E-state index in [1.54, 1.807) is 0 Å². The summed E-state index contributed by atoms with van der Waals surface area (Å²) in [6, 6.07) is 0. The van der Waals surface area contributed by atoms with Crippen LogP contribution in [0, 0.1) is 7.43 Å². The average Bonchev–Trinajstić information content (AvgIpc) is 0. The van der Waals surface area contributed by atoms with E-state index in [0.717, 1.165) is 0 Å². The van der Waals surface area contributed by atoms with Gasteiger partial charge in [0.25, 0.3) is 0 Å². The Hall–Kier alpha value is 2.75. The van der Waals surface area contributed by atoms with Crippen molar-refractivity contribution in [2.24, 2.45) is 0 Å². The van der Waals surface area contributed by atoms with Crippen LogP contribution in [0.25, 0.3) is 0 Å². The molecule has 0 bridgehead atoms. The summed E-state index contributed by atoms with van der Waals surface area (Å²) in [4.78, 5) is 0. The van der Waals surface area contributed by atoms with Gasteiger partial charge in [0.2, 0.25) is 0 Å². The summed E-state index contributed by atoms with van der Waals surface area (Å²) in [6.07, 6.45) is 0. The Morgan fingerprint density at radius 3 is 0.400 bits per heavy atom. The van der Waals surface area contributed by atoms with E-state index >= 15 is 0 Å². The van der Waals surface area contributed by atoms with Gasteiger partial charge in [-0.15, -0.1) is 0 Å². The number of hydrogen-bond acceptors (Lipinski definition) is 0. The van der Waals surface area contributed by atoms with Gasteiger partial charge in [0.1, 0.15) is 0 Å². The second-order valence-electron chi connectivity index (χ2n) is 0. The van der Waals surface area contributed by atoms with Crippen molar-refractivity contribution < 1.29 is 84.3 Å². The normalized spacial score (nSPS) is 0. The van der Waals surface area contributed by atoms with Gasteiger partial charge in [0.15, 0.2) is 0 Å². The molecule has 0 aromatic rings. The van der Waals surface area contributed by atoms with Crippen molar-refractivity contribution in [1.29, 1.82) is 0 Å². The van der Waals surface area contributed by atoms with E-state index in [4.69, 9.17) is 0 Å². The minimum Gasteiger partial charge on any atom is -0.358 e. The van der Waals surface area contributed by atoms with Gasteiger partial charge in [-0.05, 0) is 0 Å². The minimum absolute atomic E-state index is 0. The maximum atomic E-state index is 0. The molecule has 0 aliphatic heterocycles. The van der Waals surface area contributed by atoms with E-state index in [9.17, 15) is 0 Å². The fourth-order valence-electron chi connectivity index (χ4n) is 0. The van der Waals surface area contributed by atoms with Crippen LogP contribution < -0.4 is 0 Å². The van der Waals surface area contributed by atoms with Gasteiger partial charge in [0, 0.05) is 84.3 Å². The third-order valence-corrected chi connectivity index (χ3v) is 0. The molecular weight excluding hydrogens is 747 g/mol. The number of hydrogen-bond donors (Lipinski definition) is 0. The molecule has 32 valence electrons. The molecule has 0 saturated carbocycles. The molecule has 0 unspecified atom stereocenters. The predicted octanol–water partition coefficient (Wildman–Crippen LogP) is 0.440. The third-order valence-electron chi connectivity index (χ3n) is 0. The summed E-state index contributed by atoms with van der Waals surface area (Å²) in [6.45, 7) is 0. The van der Waals surface area contributed by atoms with Crippen molar-refractivity contribution in [1.82, 2.24) is 0 Å². The van der Waals surface area contributed by atoms with Crippen LogP contribution in [0.4, 0.5) is 0 Å². The molecule has 5 heavy (non-hydrogen) atoms. The van der Waals surface area contributed by atoms with Gasteiger partial charge in [0.05, 0.1) is 0 Å². The first-order valence-electron chi connectivity index (χ1n) is 0. The first-order chi connectivity index (χ1) is 0. The Bertz CT molecular complexity index is 3.61. The fourth-order valence-corrected chi connectivity index (χ4v) is 0. The van der Waals surface area contributed by atoms with E-state index in [-0.39, 0.29) is 91.7 Å². The van der Waals surface area contributed by atoms with Crippen LogP contribution in [0.1, 0.15) is 0 Å². The van der Waals surface area contributed by atoms with Crippen molar-refractivity contribution in [2.75, 3.05) is 0 Å². The molecule has 0 amide bonds. The Morgan fingerprint density at radius 1 is 0.400 bits per heavy atom. The van der Waals surface area contributed by atoms with Crippen molar-refractivity contribution in [3.8, 4) is 0 Å². The fraction of sp³-hybridized carbons (Fsp3) is 0. The molecule has 0 spiro atoms. The summed E-state index contributed by atoms with van der Waals surface area (Å²) >= 11 is 0. The van der Waals surface area contributed by atoms with Crippen LogP contribution in [-0.2, 0) is 84.3 Å². The molecule has 0 radical (unpaired) electrons. The summed E-state index contributed by atoms with van der Waals surface area (Å²) in [5.41, 5.74) is 0. The molecule has 0 rings (SSSR count). The molecular formula is CH3W4-. The van der Waals surface area contributed by atoms with Gasteiger partial charge < -0.3 is 7.43 Å². The quantitative estimate of drug-likeness (QED) is 0.316. The Kier molecular flexibility index (Phi) is 275. The van der Waals surface area contributed by atoms with Crippen LogP contribution in [0.5, 0.6) is 0 Å². The minimum atomic E-state index is 0. The zero-order valence-electron chi connectivity index (χ0n) is 2.63. The zero-order valence-corrected chi connectivity index (χ0v) is 14.4. The summed E-state index contributed by atoms with van der Waals surface area (Å²) < 4.78 is 0. The van der Waals surface area contributed by atoms with E-state index in [0.29, 0.717) is 0 Å². The molecule has 0 atom stereocenters. The molecule has 0 fully saturated rings. The smallest absolute Gasteiger partial charge is 0 e. The second kappa shape index (κ2) is 29.5. The van der Waals surface area contributed by atoms with Gasteiger partial charge >= 0.3 is 0 Å². The molecule has 0 aliphatic rings. The number of rotatable bonds is 0. The molecule has 0 aromatic heterocycles. The van der Waals surface area contributed by atoms with E-state index < -0.39 is 0 Å². The maximum absolute atomic E-state index is 0. The summed E-state index contributed by atoms with van der Waals surface area (Å²) in [5, 5.41) is 0. The van der Waals surface area contributed by atoms with Crippen LogP contribution >= 0.6 is 0 Å². The summed E-state index contributed by atoms with van der Waals surface area (Å²) in [7, 11) is 0. The van der Waals surface area contributed by atoms with Gasteiger partial charge in [-0.1, -0.05) is 0 Å². The van der Waals surface area contributed by atoms with Crippen molar-refractivity contribution >= 4 is 0 Å². The summed E-state index contributed by atoms with van der Waals surface area (Å²) in [5.74, 6) is 0. The third kappa shape index (κ3) is 20.1. The zero-order chi connectivity index (χ0) is 0. The molecule has 0 saturated heterocycles. The maximum Gasteiger partial charge on any atom is 0 e. The van der Waals surface area contributed by atoms with Crippen molar-refractivity contribution in [3.05, 3.63) is 7.43 Å². The van der Waals surface area contributed by atoms with Gasteiger partial charge in [-0.2, -0.15) is 0 Å². The molecule has 0 aliphatic carbocycles. The Morgan fingerprint density at radius 2 is 0.400 bits per heavy atom. The largest absolute Gasteiger partial charge is 0.358 e. The van der Waals surface area contributed by atoms with Gasteiger partial charge in [-0.25, -0.2) is 0 Å². The predicted molar refractivity (Wildman–Crippen MR) is 6.41 cm³/mol. The second-order valence-corrected chi connectivity index (χ2v) is 0. The van der Waals surface area contributed by atoms with E-state index in [1.807, 2.05) is 0 Å². The topological polar surface area (TPSA) is 0 Å². The monoisotopic (exact) mass is 751 g/mol. The van der Waals surface area contributed by atoms with E-state index in [1.165, 1.54) is 0 Å². The molecule has 0 N–H and O–H groups in total. The van der Waals surface area contributed by atoms with Gasteiger partial charge in [-0.3, -0.25) is 0 Å². The molecule has 0 nitrogen and oxygen atoms in total. The van der Waals surface area contributed by atoms with Crippen molar-refractivity contribution in [3.63, 3.8) is 0 Å². The first kappa shape index (κ1) is 46.6. The van der Waals surface area contributed by atoms with Crippen LogP contribution in [-0.4, -0.2) is 0 Å². The Labute approximate surface area is 90.3 Å². The van der Waals surface area contributed by atoms with Crippen LogP contribution in [0.2, 0.25) is 0 Å². The van der Waals surface area contributed by atoms with Crippen LogP contribution in [0.3, 0.4) is 0 Å². The molecule has 4 heteroatoms. The Balaban J connectivity index is 0. The average molecular weight is 750 g/mol.